The smallest absolute Gasteiger partial charge is 0.129 e. The van der Waals surface area contributed by atoms with Crippen LogP contribution < -0.4 is 4.90 Å². The van der Waals surface area contributed by atoms with Crippen molar-refractivity contribution in [1.82, 2.24) is 9.88 Å². The summed E-state index contributed by atoms with van der Waals surface area (Å²) in [5.41, 5.74) is 0. The number of aromatic nitrogens is 1. The number of hydrogen-bond acceptors (Lipinski definition) is 3. The fourth-order valence-electron chi connectivity index (χ4n) is 2.69. The van der Waals surface area contributed by atoms with Gasteiger partial charge in [0.15, 0.2) is 0 Å². The summed E-state index contributed by atoms with van der Waals surface area (Å²) in [6, 6.07) is 6.19. The van der Waals surface area contributed by atoms with Gasteiger partial charge in [0, 0.05) is 12.7 Å². The molecular weight excluding hydrogens is 246 g/mol. The van der Waals surface area contributed by atoms with E-state index in [9.17, 15) is 0 Å². The summed E-state index contributed by atoms with van der Waals surface area (Å²) in [5, 5.41) is 0. The molecule has 114 valence electrons. The van der Waals surface area contributed by atoms with Crippen molar-refractivity contribution in [2.75, 3.05) is 25.5 Å². The first-order valence-corrected chi connectivity index (χ1v) is 8.04. The second kappa shape index (κ2) is 9.76. The Bertz CT molecular complexity index is 337. The second-order valence-electron chi connectivity index (χ2n) is 5.65. The van der Waals surface area contributed by atoms with Crippen molar-refractivity contribution in [3.05, 3.63) is 24.4 Å². The van der Waals surface area contributed by atoms with E-state index < -0.39 is 0 Å². The van der Waals surface area contributed by atoms with Gasteiger partial charge in [-0.2, -0.15) is 0 Å². The van der Waals surface area contributed by atoms with Crippen molar-refractivity contribution in [3.8, 4) is 0 Å². The summed E-state index contributed by atoms with van der Waals surface area (Å²) in [6.07, 6.45) is 10.0. The van der Waals surface area contributed by atoms with Gasteiger partial charge in [-0.05, 0) is 39.1 Å². The third kappa shape index (κ3) is 5.49. The molecule has 0 aliphatic carbocycles. The Morgan fingerprint density at radius 2 is 1.80 bits per heavy atom. The van der Waals surface area contributed by atoms with Crippen LogP contribution in [0.25, 0.3) is 0 Å². The highest BCUT2D eigenvalue weighted by Crippen LogP contribution is 2.18. The first kappa shape index (κ1) is 17.0. The minimum Gasteiger partial charge on any atom is -0.341 e. The van der Waals surface area contributed by atoms with Gasteiger partial charge in [-0.15, -0.1) is 0 Å². The second-order valence-corrected chi connectivity index (χ2v) is 5.65. The molecule has 0 N–H and O–H groups in total. The molecule has 0 amide bonds. The zero-order valence-corrected chi connectivity index (χ0v) is 13.7. The van der Waals surface area contributed by atoms with Gasteiger partial charge in [0.05, 0.1) is 6.17 Å². The molecule has 0 aliphatic heterocycles. The maximum absolute atomic E-state index is 4.54. The van der Waals surface area contributed by atoms with Gasteiger partial charge < -0.3 is 4.90 Å². The zero-order chi connectivity index (χ0) is 14.8. The molecule has 20 heavy (non-hydrogen) atoms. The molecule has 1 atom stereocenters. The van der Waals surface area contributed by atoms with E-state index in [-0.39, 0.29) is 0 Å². The normalized spacial score (nSPS) is 12.7. The van der Waals surface area contributed by atoms with Crippen molar-refractivity contribution >= 4 is 5.82 Å². The quantitative estimate of drug-likeness (QED) is 0.473. The average molecular weight is 277 g/mol. The molecule has 1 unspecified atom stereocenters. The lowest BCUT2D eigenvalue weighted by molar-refractivity contribution is 0.272. The lowest BCUT2D eigenvalue weighted by Gasteiger charge is -2.36. The number of anilines is 1. The molecule has 0 aromatic carbocycles. The van der Waals surface area contributed by atoms with Crippen molar-refractivity contribution in [1.29, 1.82) is 0 Å². The van der Waals surface area contributed by atoms with Crippen molar-refractivity contribution in [3.63, 3.8) is 0 Å². The minimum absolute atomic E-state index is 0.427. The van der Waals surface area contributed by atoms with Crippen LogP contribution in [0.3, 0.4) is 0 Å². The fraction of sp³-hybridized carbons (Fsp3) is 0.706. The van der Waals surface area contributed by atoms with Gasteiger partial charge in [-0.1, -0.05) is 45.6 Å². The molecule has 3 heteroatoms. The Hall–Kier alpha value is -1.09. The van der Waals surface area contributed by atoms with E-state index in [1.165, 1.54) is 32.1 Å². The topological polar surface area (TPSA) is 19.4 Å². The first-order chi connectivity index (χ1) is 9.70. The Balaban J connectivity index is 2.65. The maximum Gasteiger partial charge on any atom is 0.129 e. The van der Waals surface area contributed by atoms with E-state index in [2.05, 4.69) is 54.9 Å². The minimum atomic E-state index is 0.427. The summed E-state index contributed by atoms with van der Waals surface area (Å²) < 4.78 is 0. The van der Waals surface area contributed by atoms with Gasteiger partial charge >= 0.3 is 0 Å². The van der Waals surface area contributed by atoms with Crippen LogP contribution in [0.2, 0.25) is 0 Å². The van der Waals surface area contributed by atoms with E-state index in [0.717, 1.165) is 18.8 Å². The average Bonchev–Trinajstić information content (AvgIpc) is 2.46. The van der Waals surface area contributed by atoms with E-state index in [1.54, 1.807) is 0 Å². The molecule has 1 heterocycles. The van der Waals surface area contributed by atoms with Gasteiger partial charge in [0.25, 0.3) is 0 Å². The standard InChI is InChI=1S/C17H31N3/c1-5-7-8-9-12-15-20(17(6-2)19(3)4)16-13-10-11-14-18-16/h10-11,13-14,17H,5-9,12,15H2,1-4H3. The highest BCUT2D eigenvalue weighted by Gasteiger charge is 2.19. The van der Waals surface area contributed by atoms with Gasteiger partial charge in [0.2, 0.25) is 0 Å². The Morgan fingerprint density at radius 1 is 1.05 bits per heavy atom. The number of rotatable bonds is 10. The summed E-state index contributed by atoms with van der Waals surface area (Å²) in [5.74, 6) is 1.10. The number of unbranched alkanes of at least 4 members (excludes halogenated alkanes) is 4. The van der Waals surface area contributed by atoms with Crippen LogP contribution in [-0.2, 0) is 0 Å². The van der Waals surface area contributed by atoms with Gasteiger partial charge in [0.1, 0.15) is 5.82 Å². The lowest BCUT2D eigenvalue weighted by atomic mass is 10.1. The van der Waals surface area contributed by atoms with E-state index in [4.69, 9.17) is 0 Å². The summed E-state index contributed by atoms with van der Waals surface area (Å²) in [6.45, 7) is 5.61. The third-order valence-electron chi connectivity index (χ3n) is 3.77. The highest BCUT2D eigenvalue weighted by molar-refractivity contribution is 5.38. The predicted octanol–water partition coefficient (Wildman–Crippen LogP) is 4.16. The Kier molecular flexibility index (Phi) is 8.28. The fourth-order valence-corrected chi connectivity index (χ4v) is 2.69. The molecule has 0 bridgehead atoms. The van der Waals surface area contributed by atoms with E-state index in [1.807, 2.05) is 12.3 Å². The Labute approximate surface area is 125 Å². The molecule has 1 aromatic heterocycles. The maximum atomic E-state index is 4.54. The molecule has 0 radical (unpaired) electrons. The Morgan fingerprint density at radius 3 is 2.35 bits per heavy atom. The van der Waals surface area contributed by atoms with Crippen LogP contribution >= 0.6 is 0 Å². The zero-order valence-electron chi connectivity index (χ0n) is 13.7. The molecule has 0 saturated carbocycles. The van der Waals surface area contributed by atoms with Crippen LogP contribution in [0.5, 0.6) is 0 Å². The van der Waals surface area contributed by atoms with Crippen molar-refractivity contribution in [2.24, 2.45) is 0 Å². The molecule has 0 spiro atoms. The molecule has 3 nitrogen and oxygen atoms in total. The number of pyridine rings is 1. The summed E-state index contributed by atoms with van der Waals surface area (Å²) in [7, 11) is 4.31. The van der Waals surface area contributed by atoms with Crippen molar-refractivity contribution in [2.45, 2.75) is 58.5 Å². The first-order valence-electron chi connectivity index (χ1n) is 8.04. The monoisotopic (exact) mass is 277 g/mol. The van der Waals surface area contributed by atoms with Crippen LogP contribution in [0, 0.1) is 0 Å². The molecular formula is C17H31N3. The molecule has 0 saturated heterocycles. The number of hydrogen-bond donors (Lipinski definition) is 0. The predicted molar refractivity (Wildman–Crippen MR) is 88.1 cm³/mol. The van der Waals surface area contributed by atoms with Gasteiger partial charge in [-0.25, -0.2) is 4.98 Å². The van der Waals surface area contributed by atoms with Crippen LogP contribution in [0.1, 0.15) is 52.4 Å². The van der Waals surface area contributed by atoms with E-state index >= 15 is 0 Å². The summed E-state index contributed by atoms with van der Waals surface area (Å²) in [4.78, 5) is 9.29. The summed E-state index contributed by atoms with van der Waals surface area (Å²) >= 11 is 0. The molecule has 0 aliphatic rings. The molecule has 1 aromatic rings. The molecule has 0 fully saturated rings. The van der Waals surface area contributed by atoms with Gasteiger partial charge in [-0.3, -0.25) is 4.90 Å². The van der Waals surface area contributed by atoms with E-state index in [0.29, 0.717) is 6.17 Å². The third-order valence-corrected chi connectivity index (χ3v) is 3.77. The SMILES string of the molecule is CCCCCCCN(c1ccccn1)C(CC)N(C)C. The lowest BCUT2D eigenvalue weighted by Crippen LogP contribution is -2.45. The van der Waals surface area contributed by atoms with Crippen LogP contribution in [0.15, 0.2) is 24.4 Å². The largest absolute Gasteiger partial charge is 0.341 e. The number of nitrogens with zero attached hydrogens (tertiary/aromatic N) is 3. The van der Waals surface area contributed by atoms with Crippen LogP contribution in [0.4, 0.5) is 5.82 Å². The molecule has 1 rings (SSSR count). The van der Waals surface area contributed by atoms with Crippen molar-refractivity contribution < 1.29 is 0 Å². The van der Waals surface area contributed by atoms with Crippen LogP contribution in [-0.4, -0.2) is 36.7 Å². The highest BCUT2D eigenvalue weighted by atomic mass is 15.3.